The van der Waals surface area contributed by atoms with Crippen LogP contribution in [-0.4, -0.2) is 64.2 Å². The summed E-state index contributed by atoms with van der Waals surface area (Å²) in [6.07, 6.45) is 2.20. The second-order valence-electron chi connectivity index (χ2n) is 7.30. The Hall–Kier alpha value is -2.30. The van der Waals surface area contributed by atoms with Gasteiger partial charge >= 0.3 is 0 Å². The Morgan fingerprint density at radius 2 is 1.66 bits per heavy atom. The van der Waals surface area contributed by atoms with Gasteiger partial charge in [-0.2, -0.15) is 0 Å². The third-order valence-electron chi connectivity index (χ3n) is 4.83. The van der Waals surface area contributed by atoms with E-state index in [1.54, 1.807) is 0 Å². The molecule has 2 aliphatic rings. The molecule has 0 aliphatic carbocycles. The molecular weight excluding hydrogens is 454 g/mol. The van der Waals surface area contributed by atoms with Crippen molar-refractivity contribution in [2.75, 3.05) is 19.8 Å². The molecule has 10 heteroatoms. The molecule has 2 amide bonds. The average Bonchev–Trinajstić information content (AvgIpc) is 3.55. The molecule has 2 fully saturated rings. The first-order valence-corrected chi connectivity index (χ1v) is 12.2. The van der Waals surface area contributed by atoms with Crippen LogP contribution in [-0.2, 0) is 46.3 Å². The summed E-state index contributed by atoms with van der Waals surface area (Å²) in [5.41, 5.74) is 1.84. The second-order valence-corrected chi connectivity index (χ2v) is 10.1. The van der Waals surface area contributed by atoms with E-state index in [9.17, 15) is 28.8 Å². The van der Waals surface area contributed by atoms with E-state index in [-0.39, 0.29) is 48.8 Å². The molecule has 0 bridgehead atoms. The molecule has 0 atom stereocenters. The van der Waals surface area contributed by atoms with E-state index < -0.39 is 4.08 Å². The molecule has 1 aromatic carbocycles. The number of aryl methyl sites for hydroxylation is 1. The highest BCUT2D eigenvalue weighted by molar-refractivity contribution is 8.94. The van der Waals surface area contributed by atoms with Gasteiger partial charge in [-0.3, -0.25) is 28.9 Å². The fraction of sp³-hybridized carbons (Fsp3) is 0.455. The van der Waals surface area contributed by atoms with Gasteiger partial charge in [0.15, 0.2) is 21.4 Å². The predicted octanol–water partition coefficient (Wildman–Crippen LogP) is 1.96. The minimum atomic E-state index is -0.694. The highest BCUT2D eigenvalue weighted by Gasteiger charge is 2.55. The maximum absolute atomic E-state index is 11.8. The van der Waals surface area contributed by atoms with E-state index in [1.807, 2.05) is 24.3 Å². The number of β-lactam (4-membered cyclic amide) rings is 1. The number of benzene rings is 1. The van der Waals surface area contributed by atoms with Gasteiger partial charge in [-0.25, -0.2) is 0 Å². The van der Waals surface area contributed by atoms with E-state index in [4.69, 9.17) is 4.74 Å². The van der Waals surface area contributed by atoms with Crippen LogP contribution in [0.1, 0.15) is 37.8 Å². The Bertz CT molecular complexity index is 878. The predicted molar refractivity (Wildman–Crippen MR) is 121 cm³/mol. The quantitative estimate of drug-likeness (QED) is 0.117. The molecule has 1 aromatic rings. The standard InChI is InChI=1S/C17H19NO5.C5H6O2S2/c19-9-10-23-12-15(20)11-14-3-1-13(2-4-14)5-6-16(21)18-8-7-17(18)22;1-3(6)5(4(2)7)8-9-5/h1-4,9H,5-8,10-12H2;1-2H3. The van der Waals surface area contributed by atoms with E-state index in [1.165, 1.54) is 40.3 Å². The van der Waals surface area contributed by atoms with Crippen molar-refractivity contribution in [3.8, 4) is 0 Å². The smallest absolute Gasteiger partial charge is 0.230 e. The lowest BCUT2D eigenvalue weighted by Gasteiger charge is -2.28. The van der Waals surface area contributed by atoms with E-state index in [2.05, 4.69) is 0 Å². The van der Waals surface area contributed by atoms with Gasteiger partial charge in [0.25, 0.3) is 0 Å². The molecule has 32 heavy (non-hydrogen) atoms. The zero-order valence-electron chi connectivity index (χ0n) is 18.0. The van der Waals surface area contributed by atoms with Crippen molar-refractivity contribution in [3.63, 3.8) is 0 Å². The Kier molecular flexibility index (Phi) is 9.80. The van der Waals surface area contributed by atoms with Gasteiger partial charge in [-0.15, -0.1) is 0 Å². The van der Waals surface area contributed by atoms with Crippen molar-refractivity contribution in [1.82, 2.24) is 4.90 Å². The maximum atomic E-state index is 11.8. The minimum absolute atomic E-state index is 0.0370. The number of carbonyl (C=O) groups excluding carboxylic acids is 6. The van der Waals surface area contributed by atoms with E-state index in [0.717, 1.165) is 11.1 Å². The first-order chi connectivity index (χ1) is 15.2. The molecule has 8 nitrogen and oxygen atoms in total. The summed E-state index contributed by atoms with van der Waals surface area (Å²) in [4.78, 5) is 67.3. The van der Waals surface area contributed by atoms with Crippen LogP contribution < -0.4 is 0 Å². The van der Waals surface area contributed by atoms with Crippen molar-refractivity contribution in [2.45, 2.75) is 43.6 Å². The van der Waals surface area contributed by atoms with Crippen LogP contribution in [0, 0.1) is 0 Å². The number of nitrogens with zero attached hydrogens (tertiary/aromatic N) is 1. The number of imide groups is 1. The molecule has 3 rings (SSSR count). The van der Waals surface area contributed by atoms with Gasteiger partial charge < -0.3 is 9.53 Å². The zero-order chi connectivity index (χ0) is 23.7. The molecule has 0 spiro atoms. The summed E-state index contributed by atoms with van der Waals surface area (Å²) in [6, 6.07) is 7.43. The lowest BCUT2D eigenvalue weighted by atomic mass is 10.0. The van der Waals surface area contributed by atoms with Crippen LogP contribution >= 0.6 is 21.6 Å². The molecule has 172 valence electrons. The minimum Gasteiger partial charge on any atom is -0.366 e. The highest BCUT2D eigenvalue weighted by atomic mass is 33.2. The monoisotopic (exact) mass is 479 g/mol. The zero-order valence-corrected chi connectivity index (χ0v) is 19.6. The first-order valence-electron chi connectivity index (χ1n) is 10.0. The normalized spacial score (nSPS) is 15.7. The summed E-state index contributed by atoms with van der Waals surface area (Å²) in [5.74, 6) is -0.394. The molecule has 0 saturated carbocycles. The van der Waals surface area contributed by atoms with Gasteiger partial charge in [-0.05, 0) is 31.4 Å². The number of Topliss-reactive ketones (excluding diaryl/α,β-unsaturated/α-hetero) is 3. The number of likely N-dealkylation sites (tertiary alicyclic amines) is 1. The number of hydrogen-bond acceptors (Lipinski definition) is 9. The lowest BCUT2D eigenvalue weighted by Crippen LogP contribution is -2.47. The fourth-order valence-electron chi connectivity index (χ4n) is 2.81. The molecule has 0 N–H and O–H groups in total. The number of carbonyl (C=O) groups is 6. The SMILES string of the molecule is CC(=O)C1(C(C)=O)SS1.O=CCOCC(=O)Cc1ccc(CCC(=O)N2CCC2=O)cc1. The topological polar surface area (TPSA) is 115 Å². The lowest BCUT2D eigenvalue weighted by molar-refractivity contribution is -0.152. The van der Waals surface area contributed by atoms with Crippen LogP contribution in [0.4, 0.5) is 0 Å². The molecule has 0 radical (unpaired) electrons. The van der Waals surface area contributed by atoms with Crippen LogP contribution in [0.5, 0.6) is 0 Å². The number of ether oxygens (including phenoxy) is 1. The van der Waals surface area contributed by atoms with Gasteiger partial charge in [0.2, 0.25) is 11.8 Å². The Morgan fingerprint density at radius 3 is 2.06 bits per heavy atom. The summed E-state index contributed by atoms with van der Waals surface area (Å²) < 4.78 is 4.17. The van der Waals surface area contributed by atoms with Gasteiger partial charge in [0.1, 0.15) is 19.5 Å². The van der Waals surface area contributed by atoms with Crippen molar-refractivity contribution >= 4 is 57.0 Å². The summed E-state index contributed by atoms with van der Waals surface area (Å²) in [7, 11) is 2.70. The summed E-state index contributed by atoms with van der Waals surface area (Å²) in [6.45, 7) is 3.30. The molecule has 2 heterocycles. The molecule has 0 unspecified atom stereocenters. The summed E-state index contributed by atoms with van der Waals surface area (Å²) >= 11 is 0. The van der Waals surface area contributed by atoms with Crippen molar-refractivity contribution < 1.29 is 33.5 Å². The second kappa shape index (κ2) is 12.1. The largest absolute Gasteiger partial charge is 0.366 e. The van der Waals surface area contributed by atoms with Crippen molar-refractivity contribution in [2.24, 2.45) is 0 Å². The Morgan fingerprint density at radius 1 is 1.06 bits per heavy atom. The van der Waals surface area contributed by atoms with Gasteiger partial charge in [-0.1, -0.05) is 45.9 Å². The van der Waals surface area contributed by atoms with Crippen LogP contribution in [0.15, 0.2) is 24.3 Å². The first kappa shape index (κ1) is 26.0. The summed E-state index contributed by atoms with van der Waals surface area (Å²) in [5, 5.41) is 0. The fourth-order valence-corrected chi connectivity index (χ4v) is 5.02. The molecular formula is C22H25NO7S2. The van der Waals surface area contributed by atoms with Crippen LogP contribution in [0.25, 0.3) is 0 Å². The number of rotatable bonds is 11. The van der Waals surface area contributed by atoms with Gasteiger partial charge in [0.05, 0.1) is 0 Å². The highest BCUT2D eigenvalue weighted by Crippen LogP contribution is 2.65. The van der Waals surface area contributed by atoms with Crippen LogP contribution in [0.2, 0.25) is 0 Å². The number of amides is 2. The van der Waals surface area contributed by atoms with Gasteiger partial charge in [0, 0.05) is 25.8 Å². The maximum Gasteiger partial charge on any atom is 0.230 e. The molecule has 2 saturated heterocycles. The number of hydrogen-bond donors (Lipinski definition) is 0. The van der Waals surface area contributed by atoms with Crippen molar-refractivity contribution in [3.05, 3.63) is 35.4 Å². The van der Waals surface area contributed by atoms with Crippen molar-refractivity contribution in [1.29, 1.82) is 0 Å². The van der Waals surface area contributed by atoms with E-state index in [0.29, 0.717) is 32.1 Å². The average molecular weight is 480 g/mol. The Balaban J connectivity index is 0.000000336. The third kappa shape index (κ3) is 7.39. The molecule has 2 aliphatic heterocycles. The number of aldehydes is 1. The third-order valence-corrected chi connectivity index (χ3v) is 7.98. The molecule has 0 aromatic heterocycles. The van der Waals surface area contributed by atoms with E-state index >= 15 is 0 Å². The Labute approximate surface area is 194 Å². The van der Waals surface area contributed by atoms with Crippen LogP contribution in [0.3, 0.4) is 0 Å². The number of ketones is 3.